The summed E-state index contributed by atoms with van der Waals surface area (Å²) in [7, 11) is 0. The molecule has 0 N–H and O–H groups in total. The van der Waals surface area contributed by atoms with Crippen LogP contribution < -0.4 is 0 Å². The maximum absolute atomic E-state index is 13.8. The maximum atomic E-state index is 13.8. The molecule has 1 aliphatic carbocycles. The van der Waals surface area contributed by atoms with Crippen LogP contribution in [-0.2, 0) is 16.0 Å². The fourth-order valence-electron chi connectivity index (χ4n) is 4.00. The number of likely N-dealkylation sites (tertiary alicyclic amines) is 2. The number of fused-ring (bicyclic) bond motifs is 1. The van der Waals surface area contributed by atoms with Gasteiger partial charge in [-0.1, -0.05) is 12.1 Å². The summed E-state index contributed by atoms with van der Waals surface area (Å²) < 4.78 is 27.1. The highest BCUT2D eigenvalue weighted by Gasteiger charge is 2.49. The summed E-state index contributed by atoms with van der Waals surface area (Å²) in [6, 6.07) is 3.87. The van der Waals surface area contributed by atoms with Crippen LogP contribution in [0.1, 0.15) is 31.2 Å². The summed E-state index contributed by atoms with van der Waals surface area (Å²) >= 11 is 0. The highest BCUT2D eigenvalue weighted by molar-refractivity contribution is 5.84. The maximum Gasteiger partial charge on any atom is 0.227 e. The van der Waals surface area contributed by atoms with E-state index in [0.29, 0.717) is 18.9 Å². The van der Waals surface area contributed by atoms with Crippen LogP contribution in [0.2, 0.25) is 0 Å². The molecule has 0 spiro atoms. The Morgan fingerprint density at radius 1 is 1.17 bits per heavy atom. The molecule has 0 aromatic heterocycles. The van der Waals surface area contributed by atoms with Gasteiger partial charge in [-0.25, -0.2) is 8.78 Å². The van der Waals surface area contributed by atoms with Crippen LogP contribution in [0, 0.1) is 17.6 Å². The van der Waals surface area contributed by atoms with Crippen LogP contribution >= 0.6 is 0 Å². The molecule has 6 heteroatoms. The molecular formula is C18H20F2N2O2. The number of amides is 2. The molecule has 2 aliphatic heterocycles. The van der Waals surface area contributed by atoms with E-state index in [2.05, 4.69) is 0 Å². The number of rotatable bonds is 4. The Kier molecular flexibility index (Phi) is 3.77. The summed E-state index contributed by atoms with van der Waals surface area (Å²) in [6.07, 6.45) is 3.34. The molecule has 0 unspecified atom stereocenters. The molecular weight excluding hydrogens is 314 g/mol. The SMILES string of the molecule is O=C(Cc1cccc(F)c1F)N1CC[C@H]2[C@H]1CC(=O)N2CC1CC1. The largest absolute Gasteiger partial charge is 0.337 e. The van der Waals surface area contributed by atoms with Gasteiger partial charge in [0.05, 0.1) is 18.5 Å². The Hall–Kier alpha value is -1.98. The summed E-state index contributed by atoms with van der Waals surface area (Å²) in [6.45, 7) is 1.39. The van der Waals surface area contributed by atoms with Crippen LogP contribution in [-0.4, -0.2) is 46.8 Å². The molecule has 128 valence electrons. The fourth-order valence-corrected chi connectivity index (χ4v) is 4.00. The molecule has 3 aliphatic rings. The molecule has 24 heavy (non-hydrogen) atoms. The molecule has 3 fully saturated rings. The number of nitrogens with zero attached hydrogens (tertiary/aromatic N) is 2. The van der Waals surface area contributed by atoms with Crippen molar-refractivity contribution in [2.24, 2.45) is 5.92 Å². The molecule has 1 aromatic carbocycles. The summed E-state index contributed by atoms with van der Waals surface area (Å²) in [5, 5.41) is 0. The lowest BCUT2D eigenvalue weighted by Crippen LogP contribution is -2.41. The number of hydrogen-bond donors (Lipinski definition) is 0. The first-order chi connectivity index (χ1) is 11.5. The van der Waals surface area contributed by atoms with Crippen molar-refractivity contribution in [3.05, 3.63) is 35.4 Å². The van der Waals surface area contributed by atoms with Gasteiger partial charge in [0.1, 0.15) is 0 Å². The van der Waals surface area contributed by atoms with Crippen molar-refractivity contribution in [3.8, 4) is 0 Å². The third-order valence-electron chi connectivity index (χ3n) is 5.46. The molecule has 2 saturated heterocycles. The molecule has 2 amide bonds. The van der Waals surface area contributed by atoms with Crippen molar-refractivity contribution < 1.29 is 18.4 Å². The van der Waals surface area contributed by atoms with E-state index < -0.39 is 11.6 Å². The van der Waals surface area contributed by atoms with Crippen molar-refractivity contribution in [1.29, 1.82) is 0 Å². The monoisotopic (exact) mass is 334 g/mol. The zero-order valence-corrected chi connectivity index (χ0v) is 13.4. The highest BCUT2D eigenvalue weighted by atomic mass is 19.2. The van der Waals surface area contributed by atoms with Crippen molar-refractivity contribution in [1.82, 2.24) is 9.80 Å². The number of halogens is 2. The third-order valence-corrected chi connectivity index (χ3v) is 5.46. The summed E-state index contributed by atoms with van der Waals surface area (Å²) in [5.74, 6) is -1.39. The molecule has 0 bridgehead atoms. The second-order valence-corrected chi connectivity index (χ2v) is 7.09. The van der Waals surface area contributed by atoms with E-state index in [9.17, 15) is 18.4 Å². The van der Waals surface area contributed by atoms with Gasteiger partial charge in [0.2, 0.25) is 11.8 Å². The van der Waals surface area contributed by atoms with E-state index in [0.717, 1.165) is 19.0 Å². The van der Waals surface area contributed by atoms with E-state index in [1.807, 2.05) is 4.90 Å². The van der Waals surface area contributed by atoms with E-state index >= 15 is 0 Å². The Balaban J connectivity index is 1.46. The predicted octanol–water partition coefficient (Wildman–Crippen LogP) is 2.12. The van der Waals surface area contributed by atoms with Gasteiger partial charge in [-0.2, -0.15) is 0 Å². The van der Waals surface area contributed by atoms with Crippen molar-refractivity contribution in [2.45, 2.75) is 44.2 Å². The first-order valence-corrected chi connectivity index (χ1v) is 8.56. The first kappa shape index (κ1) is 15.5. The van der Waals surface area contributed by atoms with Gasteiger partial charge in [0.25, 0.3) is 0 Å². The van der Waals surface area contributed by atoms with E-state index in [1.165, 1.54) is 25.0 Å². The Morgan fingerprint density at radius 2 is 1.96 bits per heavy atom. The average Bonchev–Trinajstić information content (AvgIpc) is 3.20. The Bertz CT molecular complexity index is 690. The van der Waals surface area contributed by atoms with Gasteiger partial charge in [-0.3, -0.25) is 9.59 Å². The fraction of sp³-hybridized carbons (Fsp3) is 0.556. The summed E-state index contributed by atoms with van der Waals surface area (Å²) in [5.41, 5.74) is 0.0719. The van der Waals surface area contributed by atoms with Crippen LogP contribution in [0.25, 0.3) is 0 Å². The lowest BCUT2D eigenvalue weighted by atomic mass is 10.1. The minimum absolute atomic E-state index is 0.0719. The van der Waals surface area contributed by atoms with Crippen molar-refractivity contribution >= 4 is 11.8 Å². The highest BCUT2D eigenvalue weighted by Crippen LogP contribution is 2.37. The van der Waals surface area contributed by atoms with Crippen molar-refractivity contribution in [3.63, 3.8) is 0 Å². The van der Waals surface area contributed by atoms with Crippen LogP contribution in [0.5, 0.6) is 0 Å². The minimum Gasteiger partial charge on any atom is -0.337 e. The van der Waals surface area contributed by atoms with Gasteiger partial charge in [-0.15, -0.1) is 0 Å². The quantitative estimate of drug-likeness (QED) is 0.846. The first-order valence-electron chi connectivity index (χ1n) is 8.56. The smallest absolute Gasteiger partial charge is 0.227 e. The summed E-state index contributed by atoms with van der Waals surface area (Å²) in [4.78, 5) is 28.5. The van der Waals surface area contributed by atoms with Crippen LogP contribution in [0.4, 0.5) is 8.78 Å². The van der Waals surface area contributed by atoms with Gasteiger partial charge in [-0.05, 0) is 31.2 Å². The third kappa shape index (κ3) is 2.68. The van der Waals surface area contributed by atoms with Crippen LogP contribution in [0.15, 0.2) is 18.2 Å². The molecule has 4 rings (SSSR count). The average molecular weight is 334 g/mol. The molecule has 1 aromatic rings. The lowest BCUT2D eigenvalue weighted by molar-refractivity contribution is -0.131. The minimum atomic E-state index is -0.959. The molecule has 2 heterocycles. The normalized spacial score (nSPS) is 26.2. The number of hydrogen-bond acceptors (Lipinski definition) is 2. The van der Waals surface area contributed by atoms with E-state index in [1.54, 1.807) is 4.90 Å². The van der Waals surface area contributed by atoms with Gasteiger partial charge in [0, 0.05) is 25.1 Å². The number of benzene rings is 1. The van der Waals surface area contributed by atoms with E-state index in [-0.39, 0.29) is 35.9 Å². The number of carbonyl (C=O) groups excluding carboxylic acids is 2. The second kappa shape index (κ2) is 5.83. The zero-order chi connectivity index (χ0) is 16.8. The lowest BCUT2D eigenvalue weighted by Gasteiger charge is -2.25. The predicted molar refractivity (Wildman–Crippen MR) is 83.0 cm³/mol. The number of carbonyl (C=O) groups is 2. The van der Waals surface area contributed by atoms with Gasteiger partial charge < -0.3 is 9.80 Å². The van der Waals surface area contributed by atoms with Crippen molar-refractivity contribution in [2.75, 3.05) is 13.1 Å². The molecule has 4 nitrogen and oxygen atoms in total. The Morgan fingerprint density at radius 3 is 2.71 bits per heavy atom. The van der Waals surface area contributed by atoms with E-state index in [4.69, 9.17) is 0 Å². The Labute approximate surface area is 139 Å². The molecule has 0 radical (unpaired) electrons. The zero-order valence-electron chi connectivity index (χ0n) is 13.4. The van der Waals surface area contributed by atoms with Crippen LogP contribution in [0.3, 0.4) is 0 Å². The van der Waals surface area contributed by atoms with Gasteiger partial charge in [0.15, 0.2) is 11.6 Å². The standard InChI is InChI=1S/C18H20F2N2O2/c19-13-3-1-2-12(18(13)20)8-16(23)21-7-6-14-15(21)9-17(24)22(14)10-11-4-5-11/h1-3,11,14-15H,4-10H2/t14-,15+/m0/s1. The second-order valence-electron chi connectivity index (χ2n) is 7.09. The topological polar surface area (TPSA) is 40.6 Å². The molecule has 1 saturated carbocycles. The van der Waals surface area contributed by atoms with Gasteiger partial charge >= 0.3 is 0 Å². The molecule has 2 atom stereocenters.